The fraction of sp³-hybridized carbons (Fsp3) is 0.231. The molecule has 4 nitrogen and oxygen atoms in total. The summed E-state index contributed by atoms with van der Waals surface area (Å²) in [5.41, 5.74) is 7.66. The Labute approximate surface area is 100 Å². The highest BCUT2D eigenvalue weighted by molar-refractivity contribution is 5.86. The van der Waals surface area contributed by atoms with Gasteiger partial charge in [-0.1, -0.05) is 30.3 Å². The minimum Gasteiger partial charge on any atom is -0.318 e. The molecule has 88 valence electrons. The van der Waals surface area contributed by atoms with Crippen LogP contribution in [0.4, 0.5) is 0 Å². The van der Waals surface area contributed by atoms with E-state index in [1.54, 1.807) is 10.9 Å². The third-order valence-corrected chi connectivity index (χ3v) is 2.64. The predicted molar refractivity (Wildman–Crippen MR) is 65.3 cm³/mol. The molecule has 1 unspecified atom stereocenters. The number of aryl methyl sites for hydroxylation is 1. The third kappa shape index (κ3) is 2.79. The minimum absolute atomic E-state index is 0.00389. The fourth-order valence-electron chi connectivity index (χ4n) is 1.72. The first-order valence-corrected chi connectivity index (χ1v) is 5.47. The molecule has 0 radical (unpaired) electrons. The number of aromatic nitrogens is 2. The van der Waals surface area contributed by atoms with E-state index in [-0.39, 0.29) is 5.78 Å². The summed E-state index contributed by atoms with van der Waals surface area (Å²) in [6.45, 7) is 0. The van der Waals surface area contributed by atoms with Gasteiger partial charge in [-0.05, 0) is 11.1 Å². The number of carbonyl (C=O) groups excluding carboxylic acids is 1. The Morgan fingerprint density at radius 1 is 1.41 bits per heavy atom. The third-order valence-electron chi connectivity index (χ3n) is 2.64. The maximum atomic E-state index is 12.0. The summed E-state index contributed by atoms with van der Waals surface area (Å²) in [5, 5.41) is 4.03. The number of benzene rings is 1. The highest BCUT2D eigenvalue weighted by atomic mass is 16.1. The summed E-state index contributed by atoms with van der Waals surface area (Å²) >= 11 is 0. The van der Waals surface area contributed by atoms with Crippen LogP contribution in [-0.4, -0.2) is 15.6 Å². The van der Waals surface area contributed by atoms with E-state index in [1.807, 2.05) is 43.6 Å². The first-order chi connectivity index (χ1) is 8.16. The van der Waals surface area contributed by atoms with E-state index < -0.39 is 6.04 Å². The molecule has 1 heterocycles. The number of nitrogens with zero attached hydrogens (tertiary/aromatic N) is 2. The van der Waals surface area contributed by atoms with Crippen molar-refractivity contribution < 1.29 is 4.79 Å². The molecular weight excluding hydrogens is 214 g/mol. The van der Waals surface area contributed by atoms with Crippen molar-refractivity contribution in [3.8, 4) is 0 Å². The van der Waals surface area contributed by atoms with Crippen molar-refractivity contribution in [1.29, 1.82) is 0 Å². The van der Waals surface area contributed by atoms with Crippen molar-refractivity contribution in [3.63, 3.8) is 0 Å². The van der Waals surface area contributed by atoms with Crippen LogP contribution in [0.3, 0.4) is 0 Å². The Morgan fingerprint density at radius 3 is 2.71 bits per heavy atom. The van der Waals surface area contributed by atoms with E-state index in [9.17, 15) is 4.79 Å². The van der Waals surface area contributed by atoms with Gasteiger partial charge in [0.15, 0.2) is 5.78 Å². The standard InChI is InChI=1S/C13H15N3O/c1-16-9-10(8-15-16)7-12(17)13(14)11-5-3-2-4-6-11/h2-6,8-9,13H,7,14H2,1H3. The number of carbonyl (C=O) groups is 1. The monoisotopic (exact) mass is 229 g/mol. The number of ketones is 1. The van der Waals surface area contributed by atoms with Gasteiger partial charge in [0, 0.05) is 19.7 Å². The van der Waals surface area contributed by atoms with Crippen molar-refractivity contribution in [3.05, 3.63) is 53.9 Å². The molecule has 1 atom stereocenters. The highest BCUT2D eigenvalue weighted by Gasteiger charge is 2.16. The van der Waals surface area contributed by atoms with E-state index in [4.69, 9.17) is 5.73 Å². The summed E-state index contributed by atoms with van der Waals surface area (Å²) in [5.74, 6) is 0.00389. The van der Waals surface area contributed by atoms with Crippen LogP contribution in [0, 0.1) is 0 Å². The average Bonchev–Trinajstić information content (AvgIpc) is 2.75. The van der Waals surface area contributed by atoms with Crippen LogP contribution in [-0.2, 0) is 18.3 Å². The van der Waals surface area contributed by atoms with E-state index in [0.717, 1.165) is 11.1 Å². The van der Waals surface area contributed by atoms with Gasteiger partial charge in [0.05, 0.1) is 12.2 Å². The molecule has 1 aromatic carbocycles. The molecule has 0 fully saturated rings. The molecule has 0 aliphatic heterocycles. The second-order valence-corrected chi connectivity index (χ2v) is 4.05. The number of hydrogen-bond acceptors (Lipinski definition) is 3. The Bertz CT molecular complexity index is 504. The Kier molecular flexibility index (Phi) is 3.35. The lowest BCUT2D eigenvalue weighted by Crippen LogP contribution is -2.22. The van der Waals surface area contributed by atoms with Crippen molar-refractivity contribution in [2.75, 3.05) is 0 Å². The topological polar surface area (TPSA) is 60.9 Å². The SMILES string of the molecule is Cn1cc(CC(=O)C(N)c2ccccc2)cn1. The maximum absolute atomic E-state index is 12.0. The van der Waals surface area contributed by atoms with Crippen molar-refractivity contribution in [2.24, 2.45) is 12.8 Å². The van der Waals surface area contributed by atoms with Gasteiger partial charge >= 0.3 is 0 Å². The molecule has 0 amide bonds. The molecule has 0 bridgehead atoms. The predicted octanol–water partition coefficient (Wildman–Crippen LogP) is 1.23. The van der Waals surface area contributed by atoms with Gasteiger partial charge in [-0.3, -0.25) is 9.48 Å². The van der Waals surface area contributed by atoms with E-state index in [2.05, 4.69) is 5.10 Å². The summed E-state index contributed by atoms with van der Waals surface area (Å²) in [7, 11) is 1.82. The lowest BCUT2D eigenvalue weighted by atomic mass is 10.00. The summed E-state index contributed by atoms with van der Waals surface area (Å²) in [6, 6.07) is 8.84. The molecule has 2 rings (SSSR count). The highest BCUT2D eigenvalue weighted by Crippen LogP contribution is 2.13. The van der Waals surface area contributed by atoms with Gasteiger partial charge in [-0.15, -0.1) is 0 Å². The Balaban J connectivity index is 2.06. The number of hydrogen-bond donors (Lipinski definition) is 1. The van der Waals surface area contributed by atoms with Crippen molar-refractivity contribution in [1.82, 2.24) is 9.78 Å². The molecular formula is C13H15N3O. The van der Waals surface area contributed by atoms with E-state index in [0.29, 0.717) is 6.42 Å². The fourth-order valence-corrected chi connectivity index (χ4v) is 1.72. The maximum Gasteiger partial charge on any atom is 0.158 e. The lowest BCUT2D eigenvalue weighted by molar-refractivity contribution is -0.119. The van der Waals surface area contributed by atoms with Crippen LogP contribution in [0.2, 0.25) is 0 Å². The molecule has 0 saturated heterocycles. The molecule has 1 aromatic heterocycles. The molecule has 0 aliphatic rings. The van der Waals surface area contributed by atoms with E-state index in [1.165, 1.54) is 0 Å². The number of rotatable bonds is 4. The molecule has 2 N–H and O–H groups in total. The molecule has 2 aromatic rings. The molecule has 4 heteroatoms. The lowest BCUT2D eigenvalue weighted by Gasteiger charge is -2.09. The van der Waals surface area contributed by atoms with Crippen LogP contribution < -0.4 is 5.73 Å². The molecule has 0 aliphatic carbocycles. The Morgan fingerprint density at radius 2 is 2.12 bits per heavy atom. The first kappa shape index (κ1) is 11.5. The number of nitrogens with two attached hydrogens (primary N) is 1. The largest absolute Gasteiger partial charge is 0.318 e. The first-order valence-electron chi connectivity index (χ1n) is 5.47. The zero-order valence-corrected chi connectivity index (χ0v) is 9.71. The van der Waals surface area contributed by atoms with Crippen LogP contribution in [0.15, 0.2) is 42.7 Å². The van der Waals surface area contributed by atoms with Crippen molar-refractivity contribution >= 4 is 5.78 Å². The summed E-state index contributed by atoms with van der Waals surface area (Å²) in [4.78, 5) is 12.0. The van der Waals surface area contributed by atoms with Gasteiger partial charge in [0.1, 0.15) is 0 Å². The van der Waals surface area contributed by atoms with Crippen LogP contribution in [0.5, 0.6) is 0 Å². The normalized spacial score (nSPS) is 12.4. The van der Waals surface area contributed by atoms with Crippen molar-refractivity contribution in [2.45, 2.75) is 12.5 Å². The molecule has 17 heavy (non-hydrogen) atoms. The zero-order valence-electron chi connectivity index (χ0n) is 9.71. The van der Waals surface area contributed by atoms with Gasteiger partial charge in [0.2, 0.25) is 0 Å². The van der Waals surface area contributed by atoms with Crippen LogP contribution in [0.25, 0.3) is 0 Å². The van der Waals surface area contributed by atoms with Crippen LogP contribution >= 0.6 is 0 Å². The van der Waals surface area contributed by atoms with Gasteiger partial charge in [-0.2, -0.15) is 5.10 Å². The minimum atomic E-state index is -0.559. The molecule has 0 saturated carbocycles. The van der Waals surface area contributed by atoms with Gasteiger partial charge in [0.25, 0.3) is 0 Å². The second kappa shape index (κ2) is 4.93. The quantitative estimate of drug-likeness (QED) is 0.857. The van der Waals surface area contributed by atoms with Gasteiger partial charge in [-0.25, -0.2) is 0 Å². The number of Topliss-reactive ketones (excluding diaryl/α,β-unsaturated/α-hetero) is 1. The second-order valence-electron chi connectivity index (χ2n) is 4.05. The zero-order chi connectivity index (χ0) is 12.3. The smallest absolute Gasteiger partial charge is 0.158 e. The van der Waals surface area contributed by atoms with E-state index >= 15 is 0 Å². The van der Waals surface area contributed by atoms with Gasteiger partial charge < -0.3 is 5.73 Å². The molecule has 0 spiro atoms. The Hall–Kier alpha value is -1.94. The van der Waals surface area contributed by atoms with Crippen LogP contribution in [0.1, 0.15) is 17.2 Å². The summed E-state index contributed by atoms with van der Waals surface area (Å²) < 4.78 is 1.68. The summed E-state index contributed by atoms with van der Waals surface area (Å²) in [6.07, 6.45) is 3.84. The average molecular weight is 229 g/mol.